The number of halogens is 1. The van der Waals surface area contributed by atoms with Crippen LogP contribution in [0.5, 0.6) is 0 Å². The smallest absolute Gasteiger partial charge is 0.240 e. The first-order valence-corrected chi connectivity index (χ1v) is 8.41. The van der Waals surface area contributed by atoms with Crippen LogP contribution in [0.4, 0.5) is 5.69 Å². The van der Waals surface area contributed by atoms with E-state index in [4.69, 9.17) is 5.73 Å². The molecule has 0 radical (unpaired) electrons. The number of benzene rings is 1. The van der Waals surface area contributed by atoms with Crippen LogP contribution >= 0.6 is 15.9 Å². The van der Waals surface area contributed by atoms with E-state index in [1.807, 2.05) is 24.3 Å². The van der Waals surface area contributed by atoms with Crippen LogP contribution in [0.2, 0.25) is 0 Å². The van der Waals surface area contributed by atoms with Crippen molar-refractivity contribution in [2.24, 2.45) is 5.73 Å². The summed E-state index contributed by atoms with van der Waals surface area (Å²) in [6.07, 6.45) is 4.81. The van der Waals surface area contributed by atoms with Crippen molar-refractivity contribution in [3.8, 4) is 0 Å². The molecule has 22 heavy (non-hydrogen) atoms. The van der Waals surface area contributed by atoms with Gasteiger partial charge in [0.15, 0.2) is 0 Å². The number of carbonyl (C=O) groups is 2. The maximum Gasteiger partial charge on any atom is 0.240 e. The van der Waals surface area contributed by atoms with Gasteiger partial charge in [-0.1, -0.05) is 35.2 Å². The molecule has 0 saturated heterocycles. The van der Waals surface area contributed by atoms with E-state index in [2.05, 4.69) is 26.6 Å². The quantitative estimate of drug-likeness (QED) is 0.747. The van der Waals surface area contributed by atoms with E-state index >= 15 is 0 Å². The number of nitrogens with one attached hydrogen (secondary N) is 2. The lowest BCUT2D eigenvalue weighted by Crippen LogP contribution is -2.55. The third-order valence-corrected chi connectivity index (χ3v) is 4.49. The molecule has 4 N–H and O–H groups in total. The lowest BCUT2D eigenvalue weighted by molar-refractivity contribution is -0.127. The van der Waals surface area contributed by atoms with Gasteiger partial charge in [0.25, 0.3) is 0 Å². The monoisotopic (exact) mass is 367 g/mol. The van der Waals surface area contributed by atoms with Crippen molar-refractivity contribution in [2.45, 2.75) is 44.1 Å². The molecule has 2 rings (SSSR count). The Balaban J connectivity index is 1.72. The topological polar surface area (TPSA) is 84.2 Å². The van der Waals surface area contributed by atoms with Crippen LogP contribution in [-0.4, -0.2) is 23.9 Å². The predicted octanol–water partition coefficient (Wildman–Crippen LogP) is 2.56. The van der Waals surface area contributed by atoms with Crippen LogP contribution in [0.25, 0.3) is 0 Å². The van der Waals surface area contributed by atoms with Gasteiger partial charge < -0.3 is 16.4 Å². The Morgan fingerprint density at radius 3 is 2.41 bits per heavy atom. The van der Waals surface area contributed by atoms with Crippen LogP contribution in [0, 0.1) is 0 Å². The molecular weight excluding hydrogens is 346 g/mol. The molecule has 0 heterocycles. The Morgan fingerprint density at radius 1 is 1.14 bits per heavy atom. The minimum atomic E-state index is -0.750. The zero-order valence-electron chi connectivity index (χ0n) is 12.5. The van der Waals surface area contributed by atoms with Gasteiger partial charge in [-0.3, -0.25) is 9.59 Å². The summed E-state index contributed by atoms with van der Waals surface area (Å²) in [5, 5.41) is 5.58. The first-order chi connectivity index (χ1) is 10.5. The highest BCUT2D eigenvalue weighted by atomic mass is 79.9. The Bertz CT molecular complexity index is 525. The highest BCUT2D eigenvalue weighted by molar-refractivity contribution is 9.10. The normalized spacial score (nSPS) is 16.8. The molecule has 0 bridgehead atoms. The Kier molecular flexibility index (Phi) is 5.97. The van der Waals surface area contributed by atoms with E-state index in [9.17, 15) is 9.59 Å². The molecule has 2 amide bonds. The average molecular weight is 368 g/mol. The SMILES string of the molecule is NC1(C(=O)NCCC(=O)Nc2ccc(Br)cc2)CCCCC1. The van der Waals surface area contributed by atoms with Crippen LogP contribution in [0.15, 0.2) is 28.7 Å². The van der Waals surface area contributed by atoms with Gasteiger partial charge in [0.1, 0.15) is 0 Å². The van der Waals surface area contributed by atoms with Crippen molar-refractivity contribution in [3.63, 3.8) is 0 Å². The number of anilines is 1. The highest BCUT2D eigenvalue weighted by Gasteiger charge is 2.34. The maximum absolute atomic E-state index is 12.1. The van der Waals surface area contributed by atoms with E-state index in [1.165, 1.54) is 0 Å². The van der Waals surface area contributed by atoms with Crippen LogP contribution < -0.4 is 16.4 Å². The third kappa shape index (κ3) is 4.81. The predicted molar refractivity (Wildman–Crippen MR) is 90.4 cm³/mol. The molecular formula is C16H22BrN3O2. The molecule has 0 aromatic heterocycles. The number of hydrogen-bond donors (Lipinski definition) is 3. The fourth-order valence-electron chi connectivity index (χ4n) is 2.63. The van der Waals surface area contributed by atoms with E-state index in [1.54, 1.807) is 0 Å². The second kappa shape index (κ2) is 7.74. The molecule has 1 fully saturated rings. The fourth-order valence-corrected chi connectivity index (χ4v) is 2.90. The molecule has 0 aliphatic heterocycles. The van der Waals surface area contributed by atoms with Crippen molar-refractivity contribution in [1.29, 1.82) is 0 Å². The molecule has 120 valence electrons. The summed E-state index contributed by atoms with van der Waals surface area (Å²) in [7, 11) is 0. The maximum atomic E-state index is 12.1. The summed E-state index contributed by atoms with van der Waals surface area (Å²) in [6.45, 7) is 0.306. The summed E-state index contributed by atoms with van der Waals surface area (Å²) in [5.74, 6) is -0.263. The van der Waals surface area contributed by atoms with Gasteiger partial charge in [-0.15, -0.1) is 0 Å². The minimum absolute atomic E-state index is 0.127. The summed E-state index contributed by atoms with van der Waals surface area (Å²) >= 11 is 3.34. The number of carbonyl (C=O) groups excluding carboxylic acids is 2. The Labute approximate surface area is 139 Å². The fraction of sp³-hybridized carbons (Fsp3) is 0.500. The first-order valence-electron chi connectivity index (χ1n) is 7.62. The second-order valence-electron chi connectivity index (χ2n) is 5.78. The molecule has 1 aliphatic carbocycles. The van der Waals surface area contributed by atoms with Crippen molar-refractivity contribution in [1.82, 2.24) is 5.32 Å². The van der Waals surface area contributed by atoms with Crippen molar-refractivity contribution in [2.75, 3.05) is 11.9 Å². The van der Waals surface area contributed by atoms with Crippen LogP contribution in [0.1, 0.15) is 38.5 Å². The Hall–Kier alpha value is -1.40. The van der Waals surface area contributed by atoms with Crippen LogP contribution in [0.3, 0.4) is 0 Å². The zero-order valence-corrected chi connectivity index (χ0v) is 14.1. The molecule has 0 atom stereocenters. The highest BCUT2D eigenvalue weighted by Crippen LogP contribution is 2.25. The molecule has 6 heteroatoms. The number of nitrogens with two attached hydrogens (primary N) is 1. The van der Waals surface area contributed by atoms with Gasteiger partial charge in [0.2, 0.25) is 11.8 Å². The first kappa shape index (κ1) is 17.0. The lowest BCUT2D eigenvalue weighted by Gasteiger charge is -2.31. The van der Waals surface area contributed by atoms with E-state index in [0.717, 1.165) is 42.3 Å². The molecule has 1 aromatic rings. The van der Waals surface area contributed by atoms with Gasteiger partial charge >= 0.3 is 0 Å². The van der Waals surface area contributed by atoms with E-state index < -0.39 is 5.54 Å². The Morgan fingerprint density at radius 2 is 1.77 bits per heavy atom. The molecule has 1 aromatic carbocycles. The van der Waals surface area contributed by atoms with Crippen molar-refractivity contribution in [3.05, 3.63) is 28.7 Å². The van der Waals surface area contributed by atoms with E-state index in [-0.39, 0.29) is 18.2 Å². The summed E-state index contributed by atoms with van der Waals surface area (Å²) in [6, 6.07) is 7.35. The molecule has 1 saturated carbocycles. The summed E-state index contributed by atoms with van der Waals surface area (Å²) in [5.41, 5.74) is 6.13. The van der Waals surface area contributed by atoms with Gasteiger partial charge in [-0.2, -0.15) is 0 Å². The molecule has 5 nitrogen and oxygen atoms in total. The van der Waals surface area contributed by atoms with Gasteiger partial charge in [-0.05, 0) is 37.1 Å². The summed E-state index contributed by atoms with van der Waals surface area (Å²) < 4.78 is 0.957. The molecule has 1 aliphatic rings. The van der Waals surface area contributed by atoms with Crippen molar-refractivity contribution >= 4 is 33.4 Å². The van der Waals surface area contributed by atoms with Gasteiger partial charge in [-0.25, -0.2) is 0 Å². The summed E-state index contributed by atoms with van der Waals surface area (Å²) in [4.78, 5) is 24.0. The van der Waals surface area contributed by atoms with Crippen LogP contribution in [-0.2, 0) is 9.59 Å². The zero-order chi connectivity index (χ0) is 16.0. The largest absolute Gasteiger partial charge is 0.354 e. The average Bonchev–Trinajstić information content (AvgIpc) is 2.50. The lowest BCUT2D eigenvalue weighted by atomic mass is 9.82. The van der Waals surface area contributed by atoms with Gasteiger partial charge in [0.05, 0.1) is 5.54 Å². The standard InChI is InChI=1S/C16H22BrN3O2/c17-12-4-6-13(7-5-12)20-14(21)8-11-19-15(22)16(18)9-2-1-3-10-16/h4-7H,1-3,8-11,18H2,(H,19,22)(H,20,21). The number of hydrogen-bond acceptors (Lipinski definition) is 3. The van der Waals surface area contributed by atoms with E-state index in [0.29, 0.717) is 6.54 Å². The number of rotatable bonds is 5. The third-order valence-electron chi connectivity index (χ3n) is 3.96. The van der Waals surface area contributed by atoms with Gasteiger partial charge in [0, 0.05) is 23.1 Å². The second-order valence-corrected chi connectivity index (χ2v) is 6.69. The minimum Gasteiger partial charge on any atom is -0.354 e. The van der Waals surface area contributed by atoms with Crippen molar-refractivity contribution < 1.29 is 9.59 Å². The number of amides is 2. The molecule has 0 spiro atoms. The molecule has 0 unspecified atom stereocenters.